The first-order chi connectivity index (χ1) is 9.61. The van der Waals surface area contributed by atoms with Gasteiger partial charge in [-0.1, -0.05) is 23.7 Å². The number of halogens is 3. The fourth-order valence-corrected chi connectivity index (χ4v) is 3.35. The van der Waals surface area contributed by atoms with Gasteiger partial charge in [0.15, 0.2) is 0 Å². The Morgan fingerprint density at radius 3 is 2.50 bits per heavy atom. The van der Waals surface area contributed by atoms with Crippen LogP contribution in [-0.2, 0) is 18.9 Å². The maximum Gasteiger partial charge on any atom is 0.0492 e. The number of aryl methyl sites for hydroxylation is 2. The first kappa shape index (κ1) is 15.7. The van der Waals surface area contributed by atoms with E-state index in [1.807, 2.05) is 42.1 Å². The Morgan fingerprint density at radius 1 is 1.20 bits per heavy atom. The molecule has 2 nitrogen and oxygen atoms in total. The third-order valence-electron chi connectivity index (χ3n) is 3.73. The number of hydrogen-bond donors (Lipinski definition) is 0. The molecule has 0 aliphatic rings. The lowest BCUT2D eigenvalue weighted by atomic mass is 9.79. The van der Waals surface area contributed by atoms with Gasteiger partial charge >= 0.3 is 0 Å². The first-order valence-corrected chi connectivity index (χ1v) is 7.91. The van der Waals surface area contributed by atoms with Crippen molar-refractivity contribution in [3.05, 3.63) is 52.8 Å². The van der Waals surface area contributed by atoms with Crippen LogP contribution in [0.15, 0.2) is 36.5 Å². The smallest absolute Gasteiger partial charge is 0.0492 e. The third-order valence-corrected chi connectivity index (χ3v) is 4.99. The van der Waals surface area contributed by atoms with Crippen LogP contribution < -0.4 is 0 Å². The summed E-state index contributed by atoms with van der Waals surface area (Å²) in [6.07, 6.45) is 3.54. The van der Waals surface area contributed by atoms with Gasteiger partial charge < -0.3 is 0 Å². The number of alkyl halides is 2. The van der Waals surface area contributed by atoms with Gasteiger partial charge in [-0.25, -0.2) is 0 Å². The minimum Gasteiger partial charge on any atom is -0.273 e. The van der Waals surface area contributed by atoms with Crippen LogP contribution in [0.2, 0.25) is 5.02 Å². The summed E-state index contributed by atoms with van der Waals surface area (Å²) in [5.41, 5.74) is 2.00. The molecule has 5 heteroatoms. The maximum atomic E-state index is 6.24. The number of rotatable bonds is 6. The molecule has 0 saturated carbocycles. The van der Waals surface area contributed by atoms with Crippen molar-refractivity contribution in [2.45, 2.75) is 18.3 Å². The molecule has 0 aliphatic heterocycles. The van der Waals surface area contributed by atoms with E-state index < -0.39 is 0 Å². The largest absolute Gasteiger partial charge is 0.273 e. The van der Waals surface area contributed by atoms with Crippen LogP contribution in [0.25, 0.3) is 0 Å². The summed E-state index contributed by atoms with van der Waals surface area (Å²) in [5.74, 6) is 0.934. The predicted molar refractivity (Wildman–Crippen MR) is 86.1 cm³/mol. The van der Waals surface area contributed by atoms with Gasteiger partial charge in [-0.05, 0) is 36.6 Å². The minimum absolute atomic E-state index is 0.266. The zero-order valence-corrected chi connectivity index (χ0v) is 13.6. The molecule has 0 amide bonds. The highest BCUT2D eigenvalue weighted by molar-refractivity contribution is 6.30. The van der Waals surface area contributed by atoms with Crippen molar-refractivity contribution < 1.29 is 0 Å². The van der Waals surface area contributed by atoms with Crippen molar-refractivity contribution in [1.82, 2.24) is 9.78 Å². The van der Waals surface area contributed by atoms with Crippen molar-refractivity contribution >= 4 is 34.8 Å². The van der Waals surface area contributed by atoms with Crippen LogP contribution >= 0.6 is 34.8 Å². The Bertz CT molecular complexity index is 562. The summed E-state index contributed by atoms with van der Waals surface area (Å²) in [6.45, 7) is 0. The summed E-state index contributed by atoms with van der Waals surface area (Å²) in [4.78, 5) is 0. The summed E-state index contributed by atoms with van der Waals surface area (Å²) in [7, 11) is 1.94. The molecule has 1 aromatic carbocycles. The molecule has 0 bridgehead atoms. The molecule has 20 heavy (non-hydrogen) atoms. The van der Waals surface area contributed by atoms with Gasteiger partial charge in [-0.2, -0.15) is 5.10 Å². The maximum absolute atomic E-state index is 6.24. The Labute approximate surface area is 134 Å². The molecule has 0 radical (unpaired) electrons. The molecule has 0 atom stereocenters. The molecule has 0 fully saturated rings. The standard InChI is InChI=1S/C15H17Cl3N2/c1-20-14(6-8-19-20)5-7-15(10-16,11-17)12-3-2-4-13(18)9-12/h2-4,6,8-9H,5,7,10-11H2,1H3. The molecular formula is C15H17Cl3N2. The number of nitrogens with zero attached hydrogens (tertiary/aromatic N) is 2. The van der Waals surface area contributed by atoms with Gasteiger partial charge in [0.2, 0.25) is 0 Å². The molecular weight excluding hydrogens is 315 g/mol. The van der Waals surface area contributed by atoms with E-state index >= 15 is 0 Å². The zero-order chi connectivity index (χ0) is 14.6. The van der Waals surface area contributed by atoms with Crippen molar-refractivity contribution in [1.29, 1.82) is 0 Å². The highest BCUT2D eigenvalue weighted by Gasteiger charge is 2.30. The van der Waals surface area contributed by atoms with E-state index in [-0.39, 0.29) is 5.41 Å². The predicted octanol–water partition coefficient (Wildman–Crippen LogP) is 4.42. The SMILES string of the molecule is Cn1nccc1CCC(CCl)(CCl)c1cccc(Cl)c1. The molecule has 1 heterocycles. The van der Waals surface area contributed by atoms with Gasteiger partial charge in [-0.3, -0.25) is 4.68 Å². The van der Waals surface area contributed by atoms with E-state index in [4.69, 9.17) is 34.8 Å². The van der Waals surface area contributed by atoms with Crippen molar-refractivity contribution in [2.24, 2.45) is 7.05 Å². The van der Waals surface area contributed by atoms with E-state index in [9.17, 15) is 0 Å². The molecule has 0 unspecified atom stereocenters. The second-order valence-electron chi connectivity index (χ2n) is 5.00. The molecule has 0 aliphatic carbocycles. The summed E-state index contributed by atoms with van der Waals surface area (Å²) < 4.78 is 1.88. The van der Waals surface area contributed by atoms with Crippen LogP contribution in [0.4, 0.5) is 0 Å². The molecule has 2 rings (SSSR count). The van der Waals surface area contributed by atoms with Gasteiger partial charge in [0.25, 0.3) is 0 Å². The summed E-state index contributed by atoms with van der Waals surface area (Å²) in [6, 6.07) is 9.82. The second kappa shape index (κ2) is 6.84. The molecule has 1 aromatic heterocycles. The van der Waals surface area contributed by atoms with E-state index in [0.29, 0.717) is 16.8 Å². The lowest BCUT2D eigenvalue weighted by molar-refractivity contribution is 0.482. The van der Waals surface area contributed by atoms with E-state index in [1.54, 1.807) is 6.20 Å². The topological polar surface area (TPSA) is 17.8 Å². The Balaban J connectivity index is 2.23. The van der Waals surface area contributed by atoms with E-state index in [2.05, 4.69) is 5.10 Å². The van der Waals surface area contributed by atoms with Crippen LogP contribution in [-0.4, -0.2) is 21.5 Å². The lowest BCUT2D eigenvalue weighted by Gasteiger charge is -2.30. The van der Waals surface area contributed by atoms with E-state index in [0.717, 1.165) is 18.4 Å². The first-order valence-electron chi connectivity index (χ1n) is 6.46. The van der Waals surface area contributed by atoms with Crippen molar-refractivity contribution in [3.8, 4) is 0 Å². The van der Waals surface area contributed by atoms with Crippen LogP contribution in [0, 0.1) is 0 Å². The Morgan fingerprint density at radius 2 is 1.95 bits per heavy atom. The summed E-state index contributed by atoms with van der Waals surface area (Å²) >= 11 is 18.6. The zero-order valence-electron chi connectivity index (χ0n) is 11.3. The Hall–Kier alpha value is -0.700. The quantitative estimate of drug-likeness (QED) is 0.716. The molecule has 108 valence electrons. The van der Waals surface area contributed by atoms with Crippen LogP contribution in [0.1, 0.15) is 17.7 Å². The van der Waals surface area contributed by atoms with Gasteiger partial charge in [-0.15, -0.1) is 23.2 Å². The highest BCUT2D eigenvalue weighted by atomic mass is 35.5. The molecule has 0 spiro atoms. The number of aromatic nitrogens is 2. The monoisotopic (exact) mass is 330 g/mol. The fourth-order valence-electron chi connectivity index (χ4n) is 2.30. The van der Waals surface area contributed by atoms with Gasteiger partial charge in [0.05, 0.1) is 0 Å². The molecule has 2 aromatic rings. The molecule has 0 N–H and O–H groups in total. The molecule has 0 saturated heterocycles. The number of hydrogen-bond acceptors (Lipinski definition) is 1. The van der Waals surface area contributed by atoms with E-state index in [1.165, 1.54) is 5.69 Å². The lowest BCUT2D eigenvalue weighted by Crippen LogP contribution is -2.31. The Kier molecular flexibility index (Phi) is 5.36. The van der Waals surface area contributed by atoms with Crippen LogP contribution in [0.3, 0.4) is 0 Å². The average Bonchev–Trinajstić information content (AvgIpc) is 2.86. The fraction of sp³-hybridized carbons (Fsp3) is 0.400. The minimum atomic E-state index is -0.266. The summed E-state index contributed by atoms with van der Waals surface area (Å²) in [5, 5.41) is 4.90. The van der Waals surface area contributed by atoms with Gasteiger partial charge in [0, 0.05) is 41.1 Å². The average molecular weight is 332 g/mol. The van der Waals surface area contributed by atoms with Gasteiger partial charge in [0.1, 0.15) is 0 Å². The highest BCUT2D eigenvalue weighted by Crippen LogP contribution is 2.33. The third kappa shape index (κ3) is 3.30. The normalized spacial score (nSPS) is 11.8. The number of benzene rings is 1. The van der Waals surface area contributed by atoms with Crippen molar-refractivity contribution in [2.75, 3.05) is 11.8 Å². The second-order valence-corrected chi connectivity index (χ2v) is 5.98. The van der Waals surface area contributed by atoms with Crippen molar-refractivity contribution in [3.63, 3.8) is 0 Å². The van der Waals surface area contributed by atoms with Crippen LogP contribution in [0.5, 0.6) is 0 Å².